The Hall–Kier alpha value is -2.12. The molecule has 6 nitrogen and oxygen atoms in total. The van der Waals surface area contributed by atoms with Crippen LogP contribution in [0.1, 0.15) is 5.56 Å². The van der Waals surface area contributed by atoms with Gasteiger partial charge >= 0.3 is 0 Å². The van der Waals surface area contributed by atoms with Crippen molar-refractivity contribution in [3.05, 3.63) is 42.0 Å². The van der Waals surface area contributed by atoms with Gasteiger partial charge in [-0.1, -0.05) is 24.3 Å². The van der Waals surface area contributed by atoms with Gasteiger partial charge in [-0.15, -0.1) is 0 Å². The van der Waals surface area contributed by atoms with Gasteiger partial charge in [0, 0.05) is 35.9 Å². The number of nitrogens with one attached hydrogen (secondary N) is 1. The van der Waals surface area contributed by atoms with Gasteiger partial charge in [0.2, 0.25) is 0 Å². The molecule has 0 fully saturated rings. The van der Waals surface area contributed by atoms with Crippen molar-refractivity contribution in [1.29, 1.82) is 0 Å². The fraction of sp³-hybridized carbons (Fsp3) is 0.333. The molecule has 1 unspecified atom stereocenters. The SMILES string of the molecule is Nc1ccc(CNCC(O)CO)c2c3ccccc3n(CCO)c12. The van der Waals surface area contributed by atoms with Crippen molar-refractivity contribution >= 4 is 27.5 Å². The zero-order chi connectivity index (χ0) is 17.1. The molecule has 0 aliphatic heterocycles. The van der Waals surface area contributed by atoms with E-state index < -0.39 is 6.10 Å². The number of nitrogens with zero attached hydrogens (tertiary/aromatic N) is 1. The van der Waals surface area contributed by atoms with Crippen LogP contribution in [-0.2, 0) is 13.1 Å². The van der Waals surface area contributed by atoms with Crippen LogP contribution < -0.4 is 11.1 Å². The smallest absolute Gasteiger partial charge is 0.0895 e. The van der Waals surface area contributed by atoms with Crippen LogP contribution in [0.2, 0.25) is 0 Å². The molecule has 1 atom stereocenters. The predicted octanol–water partition coefficient (Wildman–Crippen LogP) is 0.812. The highest BCUT2D eigenvalue weighted by Crippen LogP contribution is 2.35. The molecule has 0 saturated carbocycles. The third-order valence-electron chi connectivity index (χ3n) is 4.26. The van der Waals surface area contributed by atoms with E-state index in [-0.39, 0.29) is 13.2 Å². The second-order valence-electron chi connectivity index (χ2n) is 5.90. The molecule has 0 aliphatic rings. The van der Waals surface area contributed by atoms with E-state index in [0.717, 1.165) is 27.4 Å². The fourth-order valence-corrected chi connectivity index (χ4v) is 3.20. The first-order valence-corrected chi connectivity index (χ1v) is 8.06. The Kier molecular flexibility index (Phi) is 5.01. The number of nitrogens with two attached hydrogens (primary N) is 1. The Bertz CT molecular complexity index is 844. The van der Waals surface area contributed by atoms with Gasteiger partial charge in [-0.05, 0) is 17.7 Å². The van der Waals surface area contributed by atoms with Crippen LogP contribution in [-0.4, -0.2) is 45.7 Å². The molecule has 0 radical (unpaired) electrons. The van der Waals surface area contributed by atoms with Crippen molar-refractivity contribution in [2.24, 2.45) is 0 Å². The molecule has 6 heteroatoms. The first kappa shape index (κ1) is 16.7. The minimum Gasteiger partial charge on any atom is -0.397 e. The molecular weight excluding hydrogens is 306 g/mol. The summed E-state index contributed by atoms with van der Waals surface area (Å²) in [6.07, 6.45) is -0.773. The number of hydrogen-bond donors (Lipinski definition) is 5. The Morgan fingerprint density at radius 2 is 1.92 bits per heavy atom. The Morgan fingerprint density at radius 1 is 1.12 bits per heavy atom. The van der Waals surface area contributed by atoms with E-state index in [9.17, 15) is 10.2 Å². The number of rotatable bonds is 7. The van der Waals surface area contributed by atoms with Gasteiger partial charge in [0.05, 0.1) is 30.5 Å². The van der Waals surface area contributed by atoms with Crippen LogP contribution in [0, 0.1) is 0 Å². The van der Waals surface area contributed by atoms with Crippen molar-refractivity contribution in [2.75, 3.05) is 25.5 Å². The highest BCUT2D eigenvalue weighted by molar-refractivity contribution is 6.13. The molecule has 0 spiro atoms. The highest BCUT2D eigenvalue weighted by Gasteiger charge is 2.15. The second-order valence-corrected chi connectivity index (χ2v) is 5.90. The van der Waals surface area contributed by atoms with E-state index in [1.807, 2.05) is 34.9 Å². The Morgan fingerprint density at radius 3 is 2.67 bits per heavy atom. The maximum Gasteiger partial charge on any atom is 0.0895 e. The predicted molar refractivity (Wildman–Crippen MR) is 95.7 cm³/mol. The monoisotopic (exact) mass is 329 g/mol. The molecule has 0 bridgehead atoms. The number of aliphatic hydroxyl groups excluding tert-OH is 3. The van der Waals surface area contributed by atoms with E-state index >= 15 is 0 Å². The Labute approximate surface area is 140 Å². The normalized spacial score (nSPS) is 13.0. The summed E-state index contributed by atoms with van der Waals surface area (Å²) in [5.74, 6) is 0. The number of nitrogen functional groups attached to an aromatic ring is 1. The average molecular weight is 329 g/mol. The standard InChI is InChI=1S/C18H23N3O3/c19-15-6-5-12(9-20-10-13(24)11-23)17-14-3-1-2-4-16(14)21(7-8-22)18(15)17/h1-6,13,20,22-24H,7-11,19H2. The zero-order valence-electron chi connectivity index (χ0n) is 13.4. The number of aliphatic hydroxyl groups is 3. The quantitative estimate of drug-likeness (QED) is 0.413. The third-order valence-corrected chi connectivity index (χ3v) is 4.26. The van der Waals surface area contributed by atoms with Crippen molar-refractivity contribution in [3.8, 4) is 0 Å². The molecule has 128 valence electrons. The number of hydrogen-bond acceptors (Lipinski definition) is 5. The van der Waals surface area contributed by atoms with E-state index in [0.29, 0.717) is 25.3 Å². The lowest BCUT2D eigenvalue weighted by Gasteiger charge is -2.12. The molecular formula is C18H23N3O3. The summed E-state index contributed by atoms with van der Waals surface area (Å²) in [6, 6.07) is 11.9. The minimum atomic E-state index is -0.773. The van der Waals surface area contributed by atoms with Crippen LogP contribution in [0.5, 0.6) is 0 Å². The van der Waals surface area contributed by atoms with Crippen LogP contribution in [0.3, 0.4) is 0 Å². The highest BCUT2D eigenvalue weighted by atomic mass is 16.3. The molecule has 1 aromatic heterocycles. The van der Waals surface area contributed by atoms with E-state index in [4.69, 9.17) is 10.8 Å². The van der Waals surface area contributed by atoms with Gasteiger partial charge in [0.15, 0.2) is 0 Å². The molecule has 0 saturated heterocycles. The minimum absolute atomic E-state index is 0.0401. The maximum atomic E-state index is 9.47. The fourth-order valence-electron chi connectivity index (χ4n) is 3.20. The molecule has 3 aromatic rings. The molecule has 6 N–H and O–H groups in total. The van der Waals surface area contributed by atoms with Crippen molar-refractivity contribution in [3.63, 3.8) is 0 Å². The number of para-hydroxylation sites is 1. The Balaban J connectivity index is 2.11. The molecule has 1 heterocycles. The van der Waals surface area contributed by atoms with Gasteiger partial charge in [-0.25, -0.2) is 0 Å². The van der Waals surface area contributed by atoms with E-state index in [2.05, 4.69) is 11.4 Å². The number of fused-ring (bicyclic) bond motifs is 3. The first-order valence-electron chi connectivity index (χ1n) is 8.06. The largest absolute Gasteiger partial charge is 0.397 e. The summed E-state index contributed by atoms with van der Waals surface area (Å²) < 4.78 is 2.05. The lowest BCUT2D eigenvalue weighted by molar-refractivity contribution is 0.0942. The van der Waals surface area contributed by atoms with Crippen LogP contribution >= 0.6 is 0 Å². The average Bonchev–Trinajstić information content (AvgIpc) is 2.93. The van der Waals surface area contributed by atoms with Crippen LogP contribution in [0.4, 0.5) is 5.69 Å². The zero-order valence-corrected chi connectivity index (χ0v) is 13.4. The second kappa shape index (κ2) is 7.19. The summed E-state index contributed by atoms with van der Waals surface area (Å²) in [7, 11) is 0. The van der Waals surface area contributed by atoms with Crippen LogP contribution in [0.15, 0.2) is 36.4 Å². The number of benzene rings is 2. The molecule has 24 heavy (non-hydrogen) atoms. The molecule has 2 aromatic carbocycles. The summed E-state index contributed by atoms with van der Waals surface area (Å²) in [6.45, 7) is 1.13. The van der Waals surface area contributed by atoms with Crippen molar-refractivity contribution in [2.45, 2.75) is 19.2 Å². The lowest BCUT2D eigenvalue weighted by Crippen LogP contribution is -2.29. The molecule has 0 amide bonds. The topological polar surface area (TPSA) is 104 Å². The van der Waals surface area contributed by atoms with Gasteiger partial charge in [0.1, 0.15) is 0 Å². The summed E-state index contributed by atoms with van der Waals surface area (Å²) >= 11 is 0. The third kappa shape index (κ3) is 2.97. The molecule has 3 rings (SSSR count). The number of aromatic nitrogens is 1. The van der Waals surface area contributed by atoms with Gasteiger partial charge in [-0.3, -0.25) is 0 Å². The molecule has 0 aliphatic carbocycles. The number of anilines is 1. The summed E-state index contributed by atoms with van der Waals surface area (Å²) in [5, 5.41) is 33.1. The van der Waals surface area contributed by atoms with E-state index in [1.165, 1.54) is 0 Å². The van der Waals surface area contributed by atoms with Gasteiger partial charge in [0.25, 0.3) is 0 Å². The van der Waals surface area contributed by atoms with Crippen molar-refractivity contribution in [1.82, 2.24) is 9.88 Å². The van der Waals surface area contributed by atoms with Gasteiger partial charge in [-0.2, -0.15) is 0 Å². The van der Waals surface area contributed by atoms with Crippen LogP contribution in [0.25, 0.3) is 21.8 Å². The van der Waals surface area contributed by atoms with E-state index in [1.54, 1.807) is 0 Å². The first-order chi connectivity index (χ1) is 11.7. The summed E-state index contributed by atoms with van der Waals surface area (Å²) in [5.41, 5.74) is 9.93. The maximum absolute atomic E-state index is 9.47. The summed E-state index contributed by atoms with van der Waals surface area (Å²) in [4.78, 5) is 0. The lowest BCUT2D eigenvalue weighted by atomic mass is 10.1. The van der Waals surface area contributed by atoms with Crippen molar-refractivity contribution < 1.29 is 15.3 Å². The van der Waals surface area contributed by atoms with Gasteiger partial charge < -0.3 is 30.9 Å².